The van der Waals surface area contributed by atoms with Crippen LogP contribution < -0.4 is 5.32 Å². The highest BCUT2D eigenvalue weighted by Gasteiger charge is 2.17. The van der Waals surface area contributed by atoms with Crippen LogP contribution in [0.4, 0.5) is 5.82 Å². The zero-order valence-corrected chi connectivity index (χ0v) is 15.2. The van der Waals surface area contributed by atoms with Crippen LogP contribution in [-0.2, 0) is 0 Å². The van der Waals surface area contributed by atoms with Gasteiger partial charge in [0, 0.05) is 23.3 Å². The third-order valence-corrected chi connectivity index (χ3v) is 5.02. The van der Waals surface area contributed by atoms with Crippen molar-refractivity contribution in [1.29, 1.82) is 0 Å². The minimum Gasteiger partial charge on any atom is -0.369 e. The maximum atomic E-state index is 4.37. The Balaban J connectivity index is 1.68. The van der Waals surface area contributed by atoms with Crippen LogP contribution in [0.3, 0.4) is 0 Å². The third-order valence-electron chi connectivity index (χ3n) is 3.99. The standard InChI is InChI=1S/C15H23Br2N3/c1-20(13-6-3-2-4-7-13)9-5-8-18-15-14(17)10-12(16)11-19-15/h10-11,13H,2-9H2,1H3,(H,18,19). The summed E-state index contributed by atoms with van der Waals surface area (Å²) in [6, 6.07) is 2.82. The lowest BCUT2D eigenvalue weighted by Crippen LogP contribution is -2.34. The average molecular weight is 405 g/mol. The molecule has 1 heterocycles. The Morgan fingerprint density at radius 1 is 1.30 bits per heavy atom. The van der Waals surface area contributed by atoms with Crippen LogP contribution >= 0.6 is 31.9 Å². The van der Waals surface area contributed by atoms with Gasteiger partial charge in [0.25, 0.3) is 0 Å². The van der Waals surface area contributed by atoms with Gasteiger partial charge in [0.05, 0.1) is 4.47 Å². The normalized spacial score (nSPS) is 16.6. The van der Waals surface area contributed by atoms with Crippen molar-refractivity contribution in [3.8, 4) is 0 Å². The summed E-state index contributed by atoms with van der Waals surface area (Å²) in [6.45, 7) is 2.12. The van der Waals surface area contributed by atoms with Crippen LogP contribution in [-0.4, -0.2) is 36.1 Å². The summed E-state index contributed by atoms with van der Waals surface area (Å²) in [7, 11) is 2.27. The summed E-state index contributed by atoms with van der Waals surface area (Å²) in [5, 5.41) is 3.39. The van der Waals surface area contributed by atoms with Crippen LogP contribution in [0.2, 0.25) is 0 Å². The highest BCUT2D eigenvalue weighted by molar-refractivity contribution is 9.11. The summed E-state index contributed by atoms with van der Waals surface area (Å²) in [5.41, 5.74) is 0. The Labute approximate surface area is 138 Å². The van der Waals surface area contributed by atoms with E-state index in [-0.39, 0.29) is 0 Å². The van der Waals surface area contributed by atoms with Crippen molar-refractivity contribution in [2.45, 2.75) is 44.6 Å². The summed E-state index contributed by atoms with van der Waals surface area (Å²) >= 11 is 6.94. The van der Waals surface area contributed by atoms with Crippen molar-refractivity contribution in [3.05, 3.63) is 21.2 Å². The Kier molecular flexibility index (Phi) is 6.78. The summed E-state index contributed by atoms with van der Waals surface area (Å²) < 4.78 is 2.00. The lowest BCUT2D eigenvalue weighted by molar-refractivity contribution is 0.191. The number of halogens is 2. The molecule has 0 saturated heterocycles. The first-order valence-electron chi connectivity index (χ1n) is 7.42. The van der Waals surface area contributed by atoms with E-state index in [0.29, 0.717) is 0 Å². The molecule has 20 heavy (non-hydrogen) atoms. The predicted molar refractivity (Wildman–Crippen MR) is 92.2 cm³/mol. The molecule has 1 aliphatic carbocycles. The van der Waals surface area contributed by atoms with E-state index in [1.165, 1.54) is 32.1 Å². The number of anilines is 1. The number of nitrogens with one attached hydrogen (secondary N) is 1. The maximum absolute atomic E-state index is 4.37. The molecule has 1 fully saturated rings. The van der Waals surface area contributed by atoms with Crippen molar-refractivity contribution in [3.63, 3.8) is 0 Å². The fraction of sp³-hybridized carbons (Fsp3) is 0.667. The van der Waals surface area contributed by atoms with Gasteiger partial charge in [0.15, 0.2) is 0 Å². The first kappa shape index (κ1) is 16.2. The molecule has 0 unspecified atom stereocenters. The maximum Gasteiger partial charge on any atom is 0.140 e. The molecule has 0 radical (unpaired) electrons. The van der Waals surface area contributed by atoms with E-state index in [2.05, 4.69) is 54.1 Å². The molecule has 112 valence electrons. The Morgan fingerprint density at radius 3 is 2.75 bits per heavy atom. The van der Waals surface area contributed by atoms with Gasteiger partial charge in [-0.15, -0.1) is 0 Å². The molecular formula is C15H23Br2N3. The summed E-state index contributed by atoms with van der Waals surface area (Å²) in [4.78, 5) is 6.90. The Bertz CT molecular complexity index is 420. The molecule has 1 aromatic rings. The average Bonchev–Trinajstić information content (AvgIpc) is 2.46. The molecule has 5 heteroatoms. The van der Waals surface area contributed by atoms with Gasteiger partial charge in [-0.1, -0.05) is 19.3 Å². The number of rotatable bonds is 6. The first-order chi connectivity index (χ1) is 9.66. The van der Waals surface area contributed by atoms with Crippen molar-refractivity contribution in [2.75, 3.05) is 25.5 Å². The van der Waals surface area contributed by atoms with Gasteiger partial charge >= 0.3 is 0 Å². The van der Waals surface area contributed by atoms with Crippen molar-refractivity contribution in [1.82, 2.24) is 9.88 Å². The largest absolute Gasteiger partial charge is 0.369 e. The van der Waals surface area contributed by atoms with E-state index in [9.17, 15) is 0 Å². The van der Waals surface area contributed by atoms with Crippen molar-refractivity contribution < 1.29 is 0 Å². The summed E-state index contributed by atoms with van der Waals surface area (Å²) in [6.07, 6.45) is 9.97. The van der Waals surface area contributed by atoms with Crippen molar-refractivity contribution in [2.24, 2.45) is 0 Å². The zero-order valence-electron chi connectivity index (χ0n) is 12.0. The van der Waals surface area contributed by atoms with Crippen LogP contribution in [0.15, 0.2) is 21.2 Å². The number of nitrogens with zero attached hydrogens (tertiary/aromatic N) is 2. The lowest BCUT2D eigenvalue weighted by atomic mass is 9.94. The molecule has 0 amide bonds. The molecular weight excluding hydrogens is 382 g/mol. The second-order valence-corrected chi connectivity index (χ2v) is 7.31. The molecule has 3 nitrogen and oxygen atoms in total. The number of pyridine rings is 1. The molecule has 1 aromatic heterocycles. The zero-order chi connectivity index (χ0) is 14.4. The van der Waals surface area contributed by atoms with Gasteiger partial charge < -0.3 is 10.2 Å². The number of hydrogen-bond acceptors (Lipinski definition) is 3. The van der Waals surface area contributed by atoms with Crippen LogP contribution in [0.1, 0.15) is 38.5 Å². The molecule has 0 bridgehead atoms. The van der Waals surface area contributed by atoms with E-state index < -0.39 is 0 Å². The molecule has 0 atom stereocenters. The smallest absolute Gasteiger partial charge is 0.140 e. The minimum absolute atomic E-state index is 0.807. The van der Waals surface area contributed by atoms with Gasteiger partial charge in [-0.3, -0.25) is 0 Å². The van der Waals surface area contributed by atoms with Gasteiger partial charge in [0.1, 0.15) is 5.82 Å². The second-order valence-electron chi connectivity index (χ2n) is 5.54. The fourth-order valence-electron chi connectivity index (χ4n) is 2.78. The van der Waals surface area contributed by atoms with Crippen molar-refractivity contribution >= 4 is 37.7 Å². The van der Waals surface area contributed by atoms with E-state index in [0.717, 1.165) is 40.3 Å². The topological polar surface area (TPSA) is 28.2 Å². The molecule has 0 spiro atoms. The molecule has 0 aliphatic heterocycles. The van der Waals surface area contributed by atoms with E-state index in [1.54, 1.807) is 0 Å². The third kappa shape index (κ3) is 5.01. The van der Waals surface area contributed by atoms with Crippen LogP contribution in [0.25, 0.3) is 0 Å². The van der Waals surface area contributed by atoms with Gasteiger partial charge in [-0.25, -0.2) is 4.98 Å². The van der Waals surface area contributed by atoms with Gasteiger partial charge in [-0.05, 0) is 70.8 Å². The Morgan fingerprint density at radius 2 is 2.05 bits per heavy atom. The van der Waals surface area contributed by atoms with Gasteiger partial charge in [0.2, 0.25) is 0 Å². The quantitative estimate of drug-likeness (QED) is 0.698. The SMILES string of the molecule is CN(CCCNc1ncc(Br)cc1Br)C1CCCCC1. The van der Waals surface area contributed by atoms with E-state index in [1.807, 2.05) is 12.3 Å². The van der Waals surface area contributed by atoms with E-state index >= 15 is 0 Å². The monoisotopic (exact) mass is 403 g/mol. The highest BCUT2D eigenvalue weighted by atomic mass is 79.9. The number of aromatic nitrogens is 1. The number of hydrogen-bond donors (Lipinski definition) is 1. The molecule has 1 aliphatic rings. The van der Waals surface area contributed by atoms with Crippen LogP contribution in [0.5, 0.6) is 0 Å². The van der Waals surface area contributed by atoms with Crippen LogP contribution in [0, 0.1) is 0 Å². The molecule has 1 N–H and O–H groups in total. The molecule has 1 saturated carbocycles. The highest BCUT2D eigenvalue weighted by Crippen LogP contribution is 2.24. The molecule has 2 rings (SSSR count). The molecule has 0 aromatic carbocycles. The predicted octanol–water partition coefficient (Wildman–Crippen LogP) is 4.67. The summed E-state index contributed by atoms with van der Waals surface area (Å²) in [5.74, 6) is 0.925. The second kappa shape index (κ2) is 8.35. The minimum atomic E-state index is 0.807. The Hall–Kier alpha value is -0.130. The van der Waals surface area contributed by atoms with E-state index in [4.69, 9.17) is 0 Å². The lowest BCUT2D eigenvalue weighted by Gasteiger charge is -2.31. The first-order valence-corrected chi connectivity index (χ1v) is 9.00. The van der Waals surface area contributed by atoms with Gasteiger partial charge in [-0.2, -0.15) is 0 Å². The fourth-order valence-corrected chi connectivity index (χ4v) is 3.91.